The summed E-state index contributed by atoms with van der Waals surface area (Å²) in [7, 11) is 0. The highest BCUT2D eigenvalue weighted by Gasteiger charge is 2.09. The number of amides is 1. The summed E-state index contributed by atoms with van der Waals surface area (Å²) in [5, 5.41) is 5.67. The summed E-state index contributed by atoms with van der Waals surface area (Å²) < 4.78 is 0. The van der Waals surface area contributed by atoms with Gasteiger partial charge in [0.15, 0.2) is 5.78 Å². The van der Waals surface area contributed by atoms with Gasteiger partial charge in [-0.1, -0.05) is 30.3 Å². The molecule has 132 valence electrons. The quantitative estimate of drug-likeness (QED) is 0.615. The molecule has 0 aliphatic heterocycles. The van der Waals surface area contributed by atoms with Crippen LogP contribution in [0.1, 0.15) is 35.3 Å². The summed E-state index contributed by atoms with van der Waals surface area (Å²) in [6.45, 7) is 0.391. The molecular weight excluding hydrogens is 346 g/mol. The molecule has 1 amide bonds. The Kier molecular flexibility index (Phi) is 6.22. The number of rotatable bonds is 8. The van der Waals surface area contributed by atoms with Crippen molar-refractivity contribution in [1.82, 2.24) is 15.3 Å². The van der Waals surface area contributed by atoms with Crippen LogP contribution in [-0.2, 0) is 11.3 Å². The molecule has 0 fully saturated rings. The first-order valence-electron chi connectivity index (χ1n) is 8.42. The number of thiazole rings is 1. The number of pyridine rings is 1. The van der Waals surface area contributed by atoms with Crippen LogP contribution in [0.15, 0.2) is 60.2 Å². The third-order valence-corrected chi connectivity index (χ3v) is 4.77. The maximum atomic E-state index is 12.0. The molecule has 0 bridgehead atoms. The molecule has 6 heteroatoms. The van der Waals surface area contributed by atoms with Crippen LogP contribution in [0.2, 0.25) is 0 Å². The van der Waals surface area contributed by atoms with Crippen molar-refractivity contribution in [3.05, 3.63) is 71.5 Å². The van der Waals surface area contributed by atoms with Crippen LogP contribution in [0.3, 0.4) is 0 Å². The van der Waals surface area contributed by atoms with Crippen LogP contribution in [0, 0.1) is 0 Å². The average Bonchev–Trinajstić information content (AvgIpc) is 3.17. The summed E-state index contributed by atoms with van der Waals surface area (Å²) in [6.07, 6.45) is 4.74. The van der Waals surface area contributed by atoms with Gasteiger partial charge in [-0.15, -0.1) is 11.3 Å². The zero-order chi connectivity index (χ0) is 18.2. The second-order valence-electron chi connectivity index (χ2n) is 5.81. The molecule has 0 unspecified atom stereocenters. The van der Waals surface area contributed by atoms with Crippen molar-refractivity contribution in [2.45, 2.75) is 25.8 Å². The second-order valence-corrected chi connectivity index (χ2v) is 6.66. The number of carbonyl (C=O) groups excluding carboxylic acids is 2. The Balaban J connectivity index is 1.41. The van der Waals surface area contributed by atoms with E-state index < -0.39 is 0 Å². The molecule has 0 saturated heterocycles. The summed E-state index contributed by atoms with van der Waals surface area (Å²) in [5.74, 6) is 0.000744. The first-order valence-corrected chi connectivity index (χ1v) is 9.30. The Morgan fingerprint density at radius 1 is 1.04 bits per heavy atom. The van der Waals surface area contributed by atoms with E-state index in [0.717, 1.165) is 16.3 Å². The number of ketones is 1. The zero-order valence-corrected chi connectivity index (χ0v) is 15.0. The van der Waals surface area contributed by atoms with Crippen molar-refractivity contribution < 1.29 is 9.59 Å². The molecule has 0 spiro atoms. The third kappa shape index (κ3) is 5.07. The highest BCUT2D eigenvalue weighted by atomic mass is 32.1. The minimum Gasteiger partial charge on any atom is -0.350 e. The minimum atomic E-state index is -0.0678. The van der Waals surface area contributed by atoms with Crippen LogP contribution < -0.4 is 5.32 Å². The van der Waals surface area contributed by atoms with Crippen LogP contribution in [0.5, 0.6) is 0 Å². The number of nitrogens with zero attached hydrogens (tertiary/aromatic N) is 2. The SMILES string of the molecule is O=C(CCCC(=O)c1ccccc1)NCc1csc(-c2cccnc2)n1. The average molecular weight is 365 g/mol. The van der Waals surface area contributed by atoms with Crippen LogP contribution in [0.4, 0.5) is 0 Å². The Labute approximate surface area is 156 Å². The van der Waals surface area contributed by atoms with Gasteiger partial charge in [0, 0.05) is 41.7 Å². The van der Waals surface area contributed by atoms with Crippen molar-refractivity contribution in [3.63, 3.8) is 0 Å². The van der Waals surface area contributed by atoms with Crippen molar-refractivity contribution in [3.8, 4) is 10.6 Å². The lowest BCUT2D eigenvalue weighted by atomic mass is 10.1. The Morgan fingerprint density at radius 3 is 2.65 bits per heavy atom. The van der Waals surface area contributed by atoms with E-state index in [9.17, 15) is 9.59 Å². The van der Waals surface area contributed by atoms with Gasteiger partial charge in [-0.3, -0.25) is 14.6 Å². The van der Waals surface area contributed by atoms with Crippen molar-refractivity contribution in [2.75, 3.05) is 0 Å². The van der Waals surface area contributed by atoms with Gasteiger partial charge >= 0.3 is 0 Å². The van der Waals surface area contributed by atoms with Gasteiger partial charge in [0.05, 0.1) is 12.2 Å². The zero-order valence-electron chi connectivity index (χ0n) is 14.2. The van der Waals surface area contributed by atoms with E-state index in [4.69, 9.17) is 0 Å². The van der Waals surface area contributed by atoms with Gasteiger partial charge in [0.1, 0.15) is 5.01 Å². The first-order chi connectivity index (χ1) is 12.7. The summed E-state index contributed by atoms with van der Waals surface area (Å²) >= 11 is 1.53. The number of aromatic nitrogens is 2. The second kappa shape index (κ2) is 9.01. The lowest BCUT2D eigenvalue weighted by Crippen LogP contribution is -2.22. The molecule has 5 nitrogen and oxygen atoms in total. The highest BCUT2D eigenvalue weighted by molar-refractivity contribution is 7.13. The molecular formula is C20H19N3O2S. The van der Waals surface area contributed by atoms with Crippen LogP contribution in [0.25, 0.3) is 10.6 Å². The Morgan fingerprint density at radius 2 is 1.88 bits per heavy atom. The fraction of sp³-hybridized carbons (Fsp3) is 0.200. The van der Waals surface area contributed by atoms with Crippen molar-refractivity contribution >= 4 is 23.0 Å². The molecule has 0 aliphatic rings. The Hall–Kier alpha value is -2.86. The summed E-state index contributed by atoms with van der Waals surface area (Å²) in [6, 6.07) is 13.0. The minimum absolute atomic E-state index is 0.0678. The molecule has 2 heterocycles. The molecule has 2 aromatic heterocycles. The summed E-state index contributed by atoms with van der Waals surface area (Å²) in [4.78, 5) is 32.5. The normalized spacial score (nSPS) is 10.5. The monoisotopic (exact) mass is 365 g/mol. The third-order valence-electron chi connectivity index (χ3n) is 3.83. The van der Waals surface area contributed by atoms with Gasteiger partial charge in [-0.05, 0) is 18.6 Å². The summed E-state index contributed by atoms with van der Waals surface area (Å²) in [5.41, 5.74) is 2.48. The van der Waals surface area contributed by atoms with Gasteiger partial charge in [-0.25, -0.2) is 4.98 Å². The van der Waals surface area contributed by atoms with E-state index in [1.165, 1.54) is 11.3 Å². The molecule has 0 aliphatic carbocycles. The number of carbonyl (C=O) groups is 2. The predicted molar refractivity (Wildman–Crippen MR) is 102 cm³/mol. The number of nitrogens with one attached hydrogen (secondary N) is 1. The van der Waals surface area contributed by atoms with Gasteiger partial charge in [-0.2, -0.15) is 0 Å². The number of hydrogen-bond donors (Lipinski definition) is 1. The largest absolute Gasteiger partial charge is 0.350 e. The number of hydrogen-bond acceptors (Lipinski definition) is 5. The molecule has 3 rings (SSSR count). The van der Waals surface area contributed by atoms with Gasteiger partial charge < -0.3 is 5.32 Å². The standard InChI is InChI=1S/C20H19N3O2S/c24-18(15-6-2-1-3-7-15)9-4-10-19(25)22-13-17-14-26-20(23-17)16-8-5-11-21-12-16/h1-3,5-8,11-12,14H,4,9-10,13H2,(H,22,25). The van der Waals surface area contributed by atoms with E-state index in [0.29, 0.717) is 31.4 Å². The molecule has 26 heavy (non-hydrogen) atoms. The molecule has 0 atom stereocenters. The number of Topliss-reactive ketones (excluding diaryl/α,β-unsaturated/α-hetero) is 1. The fourth-order valence-electron chi connectivity index (χ4n) is 2.47. The van der Waals surface area contributed by atoms with E-state index in [-0.39, 0.29) is 11.7 Å². The lowest BCUT2D eigenvalue weighted by molar-refractivity contribution is -0.121. The van der Waals surface area contributed by atoms with Crippen molar-refractivity contribution in [2.24, 2.45) is 0 Å². The topological polar surface area (TPSA) is 72.0 Å². The number of benzene rings is 1. The highest BCUT2D eigenvalue weighted by Crippen LogP contribution is 2.22. The molecule has 1 N–H and O–H groups in total. The maximum Gasteiger partial charge on any atom is 0.220 e. The van der Waals surface area contributed by atoms with E-state index in [1.807, 2.05) is 35.7 Å². The van der Waals surface area contributed by atoms with Gasteiger partial charge in [0.25, 0.3) is 0 Å². The Bertz CT molecular complexity index is 863. The van der Waals surface area contributed by atoms with Crippen molar-refractivity contribution in [1.29, 1.82) is 0 Å². The van der Waals surface area contributed by atoms with E-state index >= 15 is 0 Å². The first kappa shape index (κ1) is 17.9. The van der Waals surface area contributed by atoms with E-state index in [2.05, 4.69) is 15.3 Å². The van der Waals surface area contributed by atoms with E-state index in [1.54, 1.807) is 24.5 Å². The molecule has 3 aromatic rings. The maximum absolute atomic E-state index is 12.0. The molecule has 0 radical (unpaired) electrons. The van der Waals surface area contributed by atoms with Crippen LogP contribution in [-0.4, -0.2) is 21.7 Å². The van der Waals surface area contributed by atoms with Gasteiger partial charge in [0.2, 0.25) is 5.91 Å². The molecule has 1 aromatic carbocycles. The lowest BCUT2D eigenvalue weighted by Gasteiger charge is -2.03. The predicted octanol–water partition coefficient (Wildman–Crippen LogP) is 3.87. The smallest absolute Gasteiger partial charge is 0.220 e. The fourth-order valence-corrected chi connectivity index (χ4v) is 3.28. The molecule has 0 saturated carbocycles. The van der Waals surface area contributed by atoms with Crippen LogP contribution >= 0.6 is 11.3 Å².